The fraction of sp³-hybridized carbons (Fsp3) is 1.00. The van der Waals surface area contributed by atoms with Crippen molar-refractivity contribution in [2.45, 2.75) is 79.2 Å². The third-order valence-electron chi connectivity index (χ3n) is 5.68. The van der Waals surface area contributed by atoms with E-state index in [0.717, 1.165) is 30.2 Å². The first kappa shape index (κ1) is 19.0. The van der Waals surface area contributed by atoms with Crippen molar-refractivity contribution in [3.63, 3.8) is 0 Å². The molecule has 0 saturated heterocycles. The van der Waals surface area contributed by atoms with E-state index in [1.54, 1.807) is 0 Å². The summed E-state index contributed by atoms with van der Waals surface area (Å²) in [5.41, 5.74) is 6.61. The summed E-state index contributed by atoms with van der Waals surface area (Å²) in [6.45, 7) is 17.5. The van der Waals surface area contributed by atoms with Crippen LogP contribution in [0, 0.1) is 23.7 Å². The molecule has 0 spiro atoms. The Balaban J connectivity index is 2.84. The van der Waals surface area contributed by atoms with Crippen LogP contribution >= 0.6 is 0 Å². The van der Waals surface area contributed by atoms with Gasteiger partial charge in [0.15, 0.2) is 0 Å². The molecule has 21 heavy (non-hydrogen) atoms. The van der Waals surface area contributed by atoms with Crippen molar-refractivity contribution in [3.05, 3.63) is 0 Å². The van der Waals surface area contributed by atoms with Crippen LogP contribution in [0.4, 0.5) is 0 Å². The van der Waals surface area contributed by atoms with Gasteiger partial charge in [-0.2, -0.15) is 0 Å². The number of hydrogen-bond acceptors (Lipinski definition) is 2. The molecule has 1 saturated carbocycles. The van der Waals surface area contributed by atoms with E-state index in [1.165, 1.54) is 45.2 Å². The molecule has 0 aliphatic heterocycles. The number of nitrogens with zero attached hydrogens (tertiary/aromatic N) is 1. The Morgan fingerprint density at radius 2 is 1.57 bits per heavy atom. The van der Waals surface area contributed by atoms with Gasteiger partial charge in [0.05, 0.1) is 0 Å². The van der Waals surface area contributed by atoms with Gasteiger partial charge in [0.1, 0.15) is 0 Å². The lowest BCUT2D eigenvalue weighted by Crippen LogP contribution is -2.60. The van der Waals surface area contributed by atoms with Crippen molar-refractivity contribution >= 4 is 0 Å². The largest absolute Gasteiger partial charge is 0.329 e. The Morgan fingerprint density at radius 1 is 1.05 bits per heavy atom. The van der Waals surface area contributed by atoms with E-state index in [2.05, 4.69) is 46.4 Å². The maximum absolute atomic E-state index is 6.35. The van der Waals surface area contributed by atoms with Gasteiger partial charge in [-0.1, -0.05) is 41.5 Å². The van der Waals surface area contributed by atoms with E-state index in [-0.39, 0.29) is 5.54 Å². The Hall–Kier alpha value is -0.0800. The van der Waals surface area contributed by atoms with E-state index in [1.807, 2.05) is 0 Å². The quantitative estimate of drug-likeness (QED) is 0.713. The lowest BCUT2D eigenvalue weighted by Gasteiger charge is -2.52. The minimum Gasteiger partial charge on any atom is -0.329 e. The van der Waals surface area contributed by atoms with E-state index in [4.69, 9.17) is 5.73 Å². The molecule has 0 heterocycles. The molecule has 2 nitrogen and oxygen atoms in total. The lowest BCUT2D eigenvalue weighted by atomic mass is 9.68. The highest BCUT2D eigenvalue weighted by molar-refractivity contribution is 4.99. The van der Waals surface area contributed by atoms with E-state index < -0.39 is 0 Å². The zero-order chi connectivity index (χ0) is 16.0. The van der Waals surface area contributed by atoms with Crippen LogP contribution in [0.5, 0.6) is 0 Å². The molecule has 0 aromatic heterocycles. The van der Waals surface area contributed by atoms with Crippen molar-refractivity contribution in [2.24, 2.45) is 29.4 Å². The van der Waals surface area contributed by atoms with Gasteiger partial charge >= 0.3 is 0 Å². The molecule has 1 rings (SSSR count). The highest BCUT2D eigenvalue weighted by Crippen LogP contribution is 2.40. The fourth-order valence-electron chi connectivity index (χ4n) is 3.97. The Labute approximate surface area is 133 Å². The maximum atomic E-state index is 6.35. The summed E-state index contributed by atoms with van der Waals surface area (Å²) in [6, 6.07) is 0. The van der Waals surface area contributed by atoms with Crippen molar-refractivity contribution in [1.82, 2.24) is 4.90 Å². The van der Waals surface area contributed by atoms with Gasteiger partial charge in [-0.3, -0.25) is 4.90 Å². The van der Waals surface area contributed by atoms with Gasteiger partial charge in [0, 0.05) is 12.1 Å². The second kappa shape index (κ2) is 8.53. The van der Waals surface area contributed by atoms with Crippen LogP contribution in [0.3, 0.4) is 0 Å². The fourth-order valence-corrected chi connectivity index (χ4v) is 3.97. The maximum Gasteiger partial charge on any atom is 0.0357 e. The summed E-state index contributed by atoms with van der Waals surface area (Å²) in [7, 11) is 0. The van der Waals surface area contributed by atoms with Gasteiger partial charge in [-0.15, -0.1) is 0 Å². The molecule has 0 amide bonds. The zero-order valence-corrected chi connectivity index (χ0v) is 15.5. The summed E-state index contributed by atoms with van der Waals surface area (Å²) in [5, 5.41) is 0. The minimum atomic E-state index is 0.260. The van der Waals surface area contributed by atoms with Gasteiger partial charge in [0.25, 0.3) is 0 Å². The van der Waals surface area contributed by atoms with Crippen LogP contribution in [0.15, 0.2) is 0 Å². The number of nitrogens with two attached hydrogens (primary N) is 1. The number of rotatable bonds is 8. The summed E-state index contributed by atoms with van der Waals surface area (Å²) >= 11 is 0. The third kappa shape index (κ3) is 5.25. The van der Waals surface area contributed by atoms with Gasteiger partial charge in [0.2, 0.25) is 0 Å². The highest BCUT2D eigenvalue weighted by Gasteiger charge is 2.43. The second-order valence-electron chi connectivity index (χ2n) is 8.44. The van der Waals surface area contributed by atoms with Crippen LogP contribution < -0.4 is 5.73 Å². The average molecular weight is 297 g/mol. The molecule has 0 bridgehead atoms. The number of hydrogen-bond donors (Lipinski definition) is 1. The van der Waals surface area contributed by atoms with Crippen LogP contribution in [0.2, 0.25) is 0 Å². The molecule has 1 aliphatic carbocycles. The van der Waals surface area contributed by atoms with Crippen molar-refractivity contribution in [2.75, 3.05) is 19.6 Å². The molecule has 2 heteroatoms. The van der Waals surface area contributed by atoms with Gasteiger partial charge < -0.3 is 5.73 Å². The molecular formula is C19H40N2. The second-order valence-corrected chi connectivity index (χ2v) is 8.44. The van der Waals surface area contributed by atoms with E-state index in [0.29, 0.717) is 0 Å². The standard InChI is InChI=1S/C19H40N2/c1-15(2)8-11-21(12-9-16(3)4)19(14-20)10-7-17(5)13-18(19)6/h15-18H,7-14,20H2,1-6H3. The molecule has 2 N–H and O–H groups in total. The first-order valence-corrected chi connectivity index (χ1v) is 9.27. The van der Waals surface area contributed by atoms with Crippen molar-refractivity contribution < 1.29 is 0 Å². The lowest BCUT2D eigenvalue weighted by molar-refractivity contribution is -0.00565. The molecule has 0 aromatic rings. The van der Waals surface area contributed by atoms with Crippen LogP contribution in [0.1, 0.15) is 73.6 Å². The Bertz CT molecular complexity index is 275. The van der Waals surface area contributed by atoms with Crippen molar-refractivity contribution in [3.8, 4) is 0 Å². The van der Waals surface area contributed by atoms with E-state index in [9.17, 15) is 0 Å². The SMILES string of the molecule is CC(C)CCN(CCC(C)C)C1(CN)CCC(C)CC1C. The monoisotopic (exact) mass is 296 g/mol. The zero-order valence-electron chi connectivity index (χ0n) is 15.5. The first-order chi connectivity index (χ1) is 9.81. The Kier molecular flexibility index (Phi) is 7.70. The predicted molar refractivity (Wildman–Crippen MR) is 94.4 cm³/mol. The van der Waals surface area contributed by atoms with Crippen LogP contribution in [-0.4, -0.2) is 30.1 Å². The molecule has 0 aromatic carbocycles. The molecule has 3 unspecified atom stereocenters. The van der Waals surface area contributed by atoms with Crippen LogP contribution in [-0.2, 0) is 0 Å². The first-order valence-electron chi connectivity index (χ1n) is 9.27. The minimum absolute atomic E-state index is 0.260. The van der Waals surface area contributed by atoms with Gasteiger partial charge in [-0.05, 0) is 68.9 Å². The summed E-state index contributed by atoms with van der Waals surface area (Å²) in [4.78, 5) is 2.78. The predicted octanol–water partition coefficient (Wildman–Crippen LogP) is 4.53. The summed E-state index contributed by atoms with van der Waals surface area (Å²) < 4.78 is 0. The Morgan fingerprint density at radius 3 is 1.95 bits per heavy atom. The average Bonchev–Trinajstić information content (AvgIpc) is 2.40. The van der Waals surface area contributed by atoms with Crippen molar-refractivity contribution in [1.29, 1.82) is 0 Å². The molecule has 1 aliphatic rings. The smallest absolute Gasteiger partial charge is 0.0357 e. The summed E-state index contributed by atoms with van der Waals surface area (Å²) in [5.74, 6) is 3.15. The molecule has 0 radical (unpaired) electrons. The highest BCUT2D eigenvalue weighted by atomic mass is 15.2. The summed E-state index contributed by atoms with van der Waals surface area (Å²) in [6.07, 6.45) is 6.57. The molecular weight excluding hydrogens is 256 g/mol. The third-order valence-corrected chi connectivity index (χ3v) is 5.68. The topological polar surface area (TPSA) is 29.3 Å². The molecule has 3 atom stereocenters. The van der Waals surface area contributed by atoms with Gasteiger partial charge in [-0.25, -0.2) is 0 Å². The van der Waals surface area contributed by atoms with Crippen LogP contribution in [0.25, 0.3) is 0 Å². The normalized spacial score (nSPS) is 30.6. The van der Waals surface area contributed by atoms with E-state index >= 15 is 0 Å². The molecule has 126 valence electrons. The molecule has 1 fully saturated rings.